The second kappa shape index (κ2) is 6.16. The van der Waals surface area contributed by atoms with Gasteiger partial charge in [-0.05, 0) is 53.3 Å². The highest BCUT2D eigenvalue weighted by Gasteiger charge is 2.17. The Bertz CT molecular complexity index is 542. The third kappa shape index (κ3) is 2.95. The second-order valence-corrected chi connectivity index (χ2v) is 6.13. The first-order valence-corrected chi connectivity index (χ1v) is 7.65. The minimum absolute atomic E-state index is 0.636. The van der Waals surface area contributed by atoms with Crippen LogP contribution in [-0.4, -0.2) is 14.9 Å². The smallest absolute Gasteiger partial charge is 0.122 e. The van der Waals surface area contributed by atoms with Crippen LogP contribution in [0.25, 0.3) is 0 Å². The molecule has 0 bridgehead atoms. The van der Waals surface area contributed by atoms with Crippen molar-refractivity contribution in [3.8, 4) is 0 Å². The van der Waals surface area contributed by atoms with Crippen molar-refractivity contribution in [1.29, 1.82) is 0 Å². The Labute approximate surface area is 128 Å². The molecule has 0 spiro atoms. The van der Waals surface area contributed by atoms with Crippen LogP contribution >= 0.6 is 38.5 Å². The third-order valence-electron chi connectivity index (χ3n) is 2.72. The van der Waals surface area contributed by atoms with E-state index in [9.17, 15) is 5.11 Å². The lowest BCUT2D eigenvalue weighted by atomic mass is 10.1. The number of aliphatic hydroxyl groups excluding tert-OH is 1. The van der Waals surface area contributed by atoms with E-state index in [1.165, 1.54) is 0 Å². The van der Waals surface area contributed by atoms with Crippen LogP contribution in [0, 0.1) is 3.57 Å². The molecule has 1 N–H and O–H groups in total. The summed E-state index contributed by atoms with van der Waals surface area (Å²) < 4.78 is 3.88. The Hall–Kier alpha value is -0.400. The molecule has 0 aliphatic heterocycles. The fraction of sp³-hybridized carbons (Fsp3) is 0.308. The van der Waals surface area contributed by atoms with Crippen LogP contribution in [0.4, 0.5) is 0 Å². The van der Waals surface area contributed by atoms with E-state index in [1.807, 2.05) is 28.9 Å². The SMILES string of the molecule is CCCn1nccc1C(O)c1cc(Br)ccc1I. The van der Waals surface area contributed by atoms with Crippen molar-refractivity contribution >= 4 is 38.5 Å². The van der Waals surface area contributed by atoms with E-state index in [2.05, 4.69) is 50.5 Å². The zero-order valence-corrected chi connectivity index (χ0v) is 13.7. The van der Waals surface area contributed by atoms with Gasteiger partial charge in [-0.2, -0.15) is 5.10 Å². The van der Waals surface area contributed by atoms with Gasteiger partial charge in [-0.25, -0.2) is 0 Å². The van der Waals surface area contributed by atoms with Gasteiger partial charge in [0.05, 0.1) is 5.69 Å². The molecule has 96 valence electrons. The van der Waals surface area contributed by atoms with Gasteiger partial charge in [-0.1, -0.05) is 22.9 Å². The van der Waals surface area contributed by atoms with E-state index in [0.29, 0.717) is 0 Å². The van der Waals surface area contributed by atoms with Gasteiger partial charge in [0.15, 0.2) is 0 Å². The van der Waals surface area contributed by atoms with E-state index in [4.69, 9.17) is 0 Å². The number of aryl methyl sites for hydroxylation is 1. The molecule has 2 rings (SSSR count). The molecule has 1 atom stereocenters. The van der Waals surface area contributed by atoms with Crippen LogP contribution in [0.1, 0.15) is 30.7 Å². The average molecular weight is 421 g/mol. The highest BCUT2D eigenvalue weighted by Crippen LogP contribution is 2.28. The summed E-state index contributed by atoms with van der Waals surface area (Å²) in [5.74, 6) is 0. The monoisotopic (exact) mass is 420 g/mol. The van der Waals surface area contributed by atoms with E-state index in [1.54, 1.807) is 6.20 Å². The first kappa shape index (κ1) is 14.0. The van der Waals surface area contributed by atoms with E-state index >= 15 is 0 Å². The van der Waals surface area contributed by atoms with Gasteiger partial charge < -0.3 is 5.11 Å². The highest BCUT2D eigenvalue weighted by atomic mass is 127. The summed E-state index contributed by atoms with van der Waals surface area (Å²) in [5.41, 5.74) is 1.75. The molecule has 2 aromatic rings. The summed E-state index contributed by atoms with van der Waals surface area (Å²) in [4.78, 5) is 0. The molecular weight excluding hydrogens is 407 g/mol. The molecule has 0 radical (unpaired) electrons. The number of nitrogens with zero attached hydrogens (tertiary/aromatic N) is 2. The predicted octanol–water partition coefficient (Wildman–Crippen LogP) is 3.74. The molecule has 0 aliphatic carbocycles. The van der Waals surface area contributed by atoms with Gasteiger partial charge in [-0.3, -0.25) is 4.68 Å². The molecule has 0 saturated heterocycles. The number of rotatable bonds is 4. The van der Waals surface area contributed by atoms with Gasteiger partial charge in [0.1, 0.15) is 6.10 Å². The van der Waals surface area contributed by atoms with Gasteiger partial charge >= 0.3 is 0 Å². The molecule has 1 aromatic heterocycles. The lowest BCUT2D eigenvalue weighted by molar-refractivity contribution is 0.206. The Morgan fingerprint density at radius 2 is 2.22 bits per heavy atom. The number of hydrogen-bond donors (Lipinski definition) is 1. The van der Waals surface area contributed by atoms with Crippen molar-refractivity contribution in [3.63, 3.8) is 0 Å². The number of aliphatic hydroxyl groups is 1. The van der Waals surface area contributed by atoms with Crippen molar-refractivity contribution in [3.05, 3.63) is 49.8 Å². The second-order valence-electron chi connectivity index (χ2n) is 4.05. The molecule has 18 heavy (non-hydrogen) atoms. The lowest BCUT2D eigenvalue weighted by Gasteiger charge is -2.15. The van der Waals surface area contributed by atoms with Crippen LogP contribution < -0.4 is 0 Å². The molecule has 0 fully saturated rings. The van der Waals surface area contributed by atoms with Gasteiger partial charge in [-0.15, -0.1) is 0 Å². The maximum absolute atomic E-state index is 10.5. The summed E-state index contributed by atoms with van der Waals surface area (Å²) in [6, 6.07) is 7.79. The Morgan fingerprint density at radius 1 is 1.44 bits per heavy atom. The summed E-state index contributed by atoms with van der Waals surface area (Å²) >= 11 is 5.68. The maximum Gasteiger partial charge on any atom is 0.122 e. The zero-order chi connectivity index (χ0) is 13.1. The summed E-state index contributed by atoms with van der Waals surface area (Å²) in [5, 5.41) is 14.8. The normalized spacial score (nSPS) is 12.7. The number of benzene rings is 1. The van der Waals surface area contributed by atoms with Crippen LogP contribution in [0.2, 0.25) is 0 Å². The van der Waals surface area contributed by atoms with Crippen molar-refractivity contribution in [2.75, 3.05) is 0 Å². The van der Waals surface area contributed by atoms with Crippen molar-refractivity contribution < 1.29 is 5.11 Å². The van der Waals surface area contributed by atoms with E-state index < -0.39 is 6.10 Å². The minimum Gasteiger partial charge on any atom is -0.382 e. The van der Waals surface area contributed by atoms with E-state index in [0.717, 1.165) is 32.3 Å². The first-order valence-electron chi connectivity index (χ1n) is 5.78. The van der Waals surface area contributed by atoms with Gasteiger partial charge in [0.2, 0.25) is 0 Å². The molecular formula is C13H14BrIN2O. The maximum atomic E-state index is 10.5. The number of aromatic nitrogens is 2. The quantitative estimate of drug-likeness (QED) is 0.765. The largest absolute Gasteiger partial charge is 0.382 e. The Kier molecular flexibility index (Phi) is 4.80. The molecule has 5 heteroatoms. The Balaban J connectivity index is 2.38. The van der Waals surface area contributed by atoms with Crippen molar-refractivity contribution in [2.45, 2.75) is 26.0 Å². The summed E-state index contributed by atoms with van der Waals surface area (Å²) in [6.07, 6.45) is 2.10. The van der Waals surface area contributed by atoms with Gasteiger partial charge in [0, 0.05) is 26.3 Å². The molecule has 0 aliphatic rings. The molecule has 1 unspecified atom stereocenters. The fourth-order valence-electron chi connectivity index (χ4n) is 1.86. The molecule has 0 saturated carbocycles. The fourth-order valence-corrected chi connectivity index (χ4v) is 2.87. The molecule has 1 aromatic carbocycles. The standard InChI is InChI=1S/C13H14BrIN2O/c1-2-7-17-12(5-6-16-17)13(18)10-8-9(14)3-4-11(10)15/h3-6,8,13,18H,2,7H2,1H3. The van der Waals surface area contributed by atoms with Crippen molar-refractivity contribution in [1.82, 2.24) is 9.78 Å². The predicted molar refractivity (Wildman–Crippen MR) is 83.4 cm³/mol. The average Bonchev–Trinajstić information content (AvgIpc) is 2.80. The Morgan fingerprint density at radius 3 is 2.94 bits per heavy atom. The van der Waals surface area contributed by atoms with Crippen LogP contribution in [-0.2, 0) is 6.54 Å². The third-order valence-corrected chi connectivity index (χ3v) is 4.19. The number of halogens is 2. The minimum atomic E-state index is -0.636. The van der Waals surface area contributed by atoms with Gasteiger partial charge in [0.25, 0.3) is 0 Å². The summed E-state index contributed by atoms with van der Waals surface area (Å²) in [7, 11) is 0. The van der Waals surface area contributed by atoms with Crippen LogP contribution in [0.3, 0.4) is 0 Å². The molecule has 0 amide bonds. The van der Waals surface area contributed by atoms with Crippen LogP contribution in [0.5, 0.6) is 0 Å². The topological polar surface area (TPSA) is 38.0 Å². The molecule has 1 heterocycles. The first-order chi connectivity index (χ1) is 8.63. The zero-order valence-electron chi connectivity index (χ0n) is 9.98. The number of hydrogen-bond acceptors (Lipinski definition) is 2. The lowest BCUT2D eigenvalue weighted by Crippen LogP contribution is -2.11. The van der Waals surface area contributed by atoms with Crippen molar-refractivity contribution in [2.24, 2.45) is 0 Å². The van der Waals surface area contributed by atoms with E-state index in [-0.39, 0.29) is 0 Å². The molecule has 3 nitrogen and oxygen atoms in total. The summed E-state index contributed by atoms with van der Waals surface area (Å²) in [6.45, 7) is 2.92. The van der Waals surface area contributed by atoms with Crippen LogP contribution in [0.15, 0.2) is 34.9 Å². The highest BCUT2D eigenvalue weighted by molar-refractivity contribution is 14.1.